The van der Waals surface area contributed by atoms with Crippen LogP contribution in [0.5, 0.6) is 5.88 Å². The third kappa shape index (κ3) is 1.44. The summed E-state index contributed by atoms with van der Waals surface area (Å²) in [5.74, 6) is 0.307. The van der Waals surface area contributed by atoms with Crippen molar-refractivity contribution in [2.24, 2.45) is 5.73 Å². The SMILES string of the molecule is NC(=O)Oc1cc2ncccc2[nH]1. The molecule has 0 aliphatic rings. The summed E-state index contributed by atoms with van der Waals surface area (Å²) < 4.78 is 4.64. The maximum Gasteiger partial charge on any atom is 0.411 e. The van der Waals surface area contributed by atoms with Crippen molar-refractivity contribution in [3.8, 4) is 5.88 Å². The van der Waals surface area contributed by atoms with Gasteiger partial charge in [0.25, 0.3) is 0 Å². The van der Waals surface area contributed by atoms with Crippen molar-refractivity contribution in [2.75, 3.05) is 0 Å². The number of aromatic amines is 1. The van der Waals surface area contributed by atoms with Gasteiger partial charge in [0.05, 0.1) is 11.0 Å². The predicted molar refractivity (Wildman–Crippen MR) is 46.3 cm³/mol. The lowest BCUT2D eigenvalue weighted by Gasteiger charge is -1.92. The van der Waals surface area contributed by atoms with Crippen molar-refractivity contribution in [1.29, 1.82) is 0 Å². The van der Waals surface area contributed by atoms with Gasteiger partial charge in [-0.3, -0.25) is 4.98 Å². The van der Waals surface area contributed by atoms with E-state index >= 15 is 0 Å². The first kappa shape index (κ1) is 7.60. The molecular weight excluding hydrogens is 170 g/mol. The number of nitrogens with one attached hydrogen (secondary N) is 1. The van der Waals surface area contributed by atoms with Crippen molar-refractivity contribution in [3.05, 3.63) is 24.4 Å². The fraction of sp³-hybridized carbons (Fsp3) is 0. The average molecular weight is 177 g/mol. The van der Waals surface area contributed by atoms with E-state index in [1.807, 2.05) is 6.07 Å². The number of fused-ring (bicyclic) bond motifs is 1. The van der Waals surface area contributed by atoms with Crippen LogP contribution in [0.3, 0.4) is 0 Å². The quantitative estimate of drug-likeness (QED) is 0.682. The number of carbonyl (C=O) groups excluding carboxylic acids is 1. The second-order valence-electron chi connectivity index (χ2n) is 2.49. The molecule has 0 aromatic carbocycles. The van der Waals surface area contributed by atoms with Gasteiger partial charge in [0.2, 0.25) is 5.88 Å². The van der Waals surface area contributed by atoms with Gasteiger partial charge in [-0.15, -0.1) is 0 Å². The summed E-state index contributed by atoms with van der Waals surface area (Å²) in [6.45, 7) is 0. The molecule has 5 nitrogen and oxygen atoms in total. The van der Waals surface area contributed by atoms with Crippen LogP contribution in [0.4, 0.5) is 4.79 Å². The Morgan fingerprint density at radius 3 is 3.15 bits per heavy atom. The number of rotatable bonds is 1. The van der Waals surface area contributed by atoms with Gasteiger partial charge in [-0.2, -0.15) is 0 Å². The molecule has 0 unspecified atom stereocenters. The summed E-state index contributed by atoms with van der Waals surface area (Å²) >= 11 is 0. The molecule has 3 N–H and O–H groups in total. The monoisotopic (exact) mass is 177 g/mol. The lowest BCUT2D eigenvalue weighted by Crippen LogP contribution is -2.16. The third-order valence-electron chi connectivity index (χ3n) is 1.57. The number of carbonyl (C=O) groups is 1. The molecule has 2 heterocycles. The number of aromatic nitrogens is 2. The number of hydrogen-bond acceptors (Lipinski definition) is 3. The number of H-pyrrole nitrogens is 1. The molecule has 0 aliphatic heterocycles. The van der Waals surface area contributed by atoms with Crippen LogP contribution in [0, 0.1) is 0 Å². The molecule has 0 radical (unpaired) electrons. The Kier molecular flexibility index (Phi) is 1.63. The highest BCUT2D eigenvalue weighted by atomic mass is 16.6. The summed E-state index contributed by atoms with van der Waals surface area (Å²) in [5.41, 5.74) is 6.38. The van der Waals surface area contributed by atoms with Gasteiger partial charge in [-0.25, -0.2) is 4.79 Å². The summed E-state index contributed by atoms with van der Waals surface area (Å²) in [7, 11) is 0. The van der Waals surface area contributed by atoms with Crippen molar-refractivity contribution < 1.29 is 9.53 Å². The molecule has 0 saturated heterocycles. The van der Waals surface area contributed by atoms with Gasteiger partial charge >= 0.3 is 6.09 Å². The van der Waals surface area contributed by atoms with Crippen LogP contribution < -0.4 is 10.5 Å². The lowest BCUT2D eigenvalue weighted by molar-refractivity contribution is 0.209. The Morgan fingerprint density at radius 1 is 1.62 bits per heavy atom. The number of primary amides is 1. The Labute approximate surface area is 73.5 Å². The van der Waals surface area contributed by atoms with Crippen molar-refractivity contribution >= 4 is 17.1 Å². The Bertz CT molecular complexity index is 416. The van der Waals surface area contributed by atoms with Gasteiger partial charge in [0, 0.05) is 12.3 Å². The average Bonchev–Trinajstić information content (AvgIpc) is 2.44. The van der Waals surface area contributed by atoms with Crippen LogP contribution >= 0.6 is 0 Å². The highest BCUT2D eigenvalue weighted by molar-refractivity contribution is 5.78. The molecule has 0 spiro atoms. The zero-order chi connectivity index (χ0) is 9.26. The van der Waals surface area contributed by atoms with E-state index in [4.69, 9.17) is 5.73 Å². The summed E-state index contributed by atoms with van der Waals surface area (Å²) in [5, 5.41) is 0. The minimum Gasteiger partial charge on any atom is -0.393 e. The van der Waals surface area contributed by atoms with Gasteiger partial charge in [0.15, 0.2) is 0 Å². The van der Waals surface area contributed by atoms with Crippen LogP contribution in [0.15, 0.2) is 24.4 Å². The molecule has 0 aliphatic carbocycles. The maximum absolute atomic E-state index is 10.4. The Hall–Kier alpha value is -2.04. The van der Waals surface area contributed by atoms with Crippen LogP contribution in [0.25, 0.3) is 11.0 Å². The third-order valence-corrected chi connectivity index (χ3v) is 1.57. The molecule has 0 fully saturated rings. The van der Waals surface area contributed by atoms with Crippen LogP contribution in [-0.2, 0) is 0 Å². The molecule has 1 amide bonds. The number of pyridine rings is 1. The zero-order valence-corrected chi connectivity index (χ0v) is 6.65. The number of hydrogen-bond donors (Lipinski definition) is 2. The molecule has 2 aromatic heterocycles. The van der Waals surface area contributed by atoms with Crippen LogP contribution in [0.1, 0.15) is 0 Å². The summed E-state index contributed by atoms with van der Waals surface area (Å²) in [6, 6.07) is 5.23. The molecular formula is C8H7N3O2. The fourth-order valence-electron chi connectivity index (χ4n) is 1.09. The Morgan fingerprint density at radius 2 is 2.46 bits per heavy atom. The number of ether oxygens (including phenoxy) is 1. The second-order valence-corrected chi connectivity index (χ2v) is 2.49. The highest BCUT2D eigenvalue weighted by Gasteiger charge is 2.03. The topological polar surface area (TPSA) is 81.0 Å². The maximum atomic E-state index is 10.4. The largest absolute Gasteiger partial charge is 0.411 e. The van der Waals surface area contributed by atoms with E-state index in [-0.39, 0.29) is 0 Å². The lowest BCUT2D eigenvalue weighted by atomic mass is 10.4. The Balaban J connectivity index is 2.44. The van der Waals surface area contributed by atoms with E-state index in [9.17, 15) is 4.79 Å². The van der Waals surface area contributed by atoms with Gasteiger partial charge in [-0.1, -0.05) is 0 Å². The van der Waals surface area contributed by atoms with E-state index in [1.54, 1.807) is 18.3 Å². The van der Waals surface area contributed by atoms with Crippen molar-refractivity contribution in [3.63, 3.8) is 0 Å². The first-order valence-corrected chi connectivity index (χ1v) is 3.67. The normalized spacial score (nSPS) is 10.2. The molecule has 66 valence electrons. The minimum atomic E-state index is -0.841. The van der Waals surface area contributed by atoms with Crippen molar-refractivity contribution in [2.45, 2.75) is 0 Å². The molecule has 13 heavy (non-hydrogen) atoms. The van der Waals surface area contributed by atoms with Crippen molar-refractivity contribution in [1.82, 2.24) is 9.97 Å². The predicted octanol–water partition coefficient (Wildman–Crippen LogP) is 1.02. The standard InChI is InChI=1S/C8H7N3O2/c9-8(12)13-7-4-6-5(11-7)2-1-3-10-6/h1-4,11H,(H2,9,12). The number of nitrogens with two attached hydrogens (primary N) is 1. The van der Waals surface area contributed by atoms with Crippen LogP contribution in [0.2, 0.25) is 0 Å². The number of nitrogens with zero attached hydrogens (tertiary/aromatic N) is 1. The molecule has 0 saturated carbocycles. The van der Waals surface area contributed by atoms with Gasteiger partial charge in [0.1, 0.15) is 0 Å². The first-order valence-electron chi connectivity index (χ1n) is 3.67. The minimum absolute atomic E-state index is 0.307. The molecule has 5 heteroatoms. The van der Waals surface area contributed by atoms with E-state index in [0.717, 1.165) is 11.0 Å². The smallest absolute Gasteiger partial charge is 0.393 e. The van der Waals surface area contributed by atoms with E-state index in [0.29, 0.717) is 5.88 Å². The highest BCUT2D eigenvalue weighted by Crippen LogP contribution is 2.17. The van der Waals surface area contributed by atoms with Gasteiger partial charge in [-0.05, 0) is 12.1 Å². The van der Waals surface area contributed by atoms with Gasteiger partial charge < -0.3 is 15.5 Å². The van der Waals surface area contributed by atoms with E-state index in [1.165, 1.54) is 0 Å². The van der Waals surface area contributed by atoms with Crippen LogP contribution in [-0.4, -0.2) is 16.1 Å². The summed E-state index contributed by atoms with van der Waals surface area (Å²) in [4.78, 5) is 17.3. The molecule has 2 rings (SSSR count). The number of amides is 1. The second kappa shape index (κ2) is 2.78. The molecule has 2 aromatic rings. The zero-order valence-electron chi connectivity index (χ0n) is 6.65. The first-order chi connectivity index (χ1) is 6.25. The molecule has 0 bridgehead atoms. The van der Waals surface area contributed by atoms with E-state index in [2.05, 4.69) is 14.7 Å². The van der Waals surface area contributed by atoms with E-state index < -0.39 is 6.09 Å². The summed E-state index contributed by atoms with van der Waals surface area (Å²) in [6.07, 6.45) is 0.816. The fourth-order valence-corrected chi connectivity index (χ4v) is 1.09. The molecule has 0 atom stereocenters.